The van der Waals surface area contributed by atoms with Crippen LogP contribution in [-0.4, -0.2) is 28.4 Å². The Balaban J connectivity index is 1.79. The summed E-state index contributed by atoms with van der Waals surface area (Å²) in [5.74, 6) is -1.73. The van der Waals surface area contributed by atoms with Crippen LogP contribution in [0, 0.1) is 6.92 Å². The van der Waals surface area contributed by atoms with Gasteiger partial charge in [-0.15, -0.1) is 0 Å². The summed E-state index contributed by atoms with van der Waals surface area (Å²) in [6, 6.07) is 8.03. The average Bonchev–Trinajstić information content (AvgIpc) is 3.19. The summed E-state index contributed by atoms with van der Waals surface area (Å²) in [4.78, 5) is 36.6. The van der Waals surface area contributed by atoms with Crippen molar-refractivity contribution in [2.75, 3.05) is 5.32 Å². The van der Waals surface area contributed by atoms with Gasteiger partial charge >= 0.3 is 5.97 Å². The van der Waals surface area contributed by atoms with E-state index in [2.05, 4.69) is 10.6 Å². The Hall–Kier alpha value is -3.09. The number of amides is 2. The zero-order valence-corrected chi connectivity index (χ0v) is 15.1. The molecule has 2 amide bonds. The molecule has 1 saturated carbocycles. The fraction of sp³-hybridized carbons (Fsp3) is 0.350. The molecular formula is C20H22N2O5. The highest BCUT2D eigenvalue weighted by atomic mass is 16.4. The molecule has 7 heteroatoms. The minimum atomic E-state index is -1.22. The molecule has 1 aliphatic rings. The standard InChI is InChI=1S/C20H22N2O5/c1-13-7-8-14(12-15(13)21-18(24)16-6-5-11-27-16)17(23)22-20(19(25)26)9-3-2-4-10-20/h5-8,11-12H,2-4,9-10H2,1H3,(H,21,24)(H,22,23)(H,25,26). The number of carbonyl (C=O) groups is 3. The maximum Gasteiger partial charge on any atom is 0.329 e. The molecule has 1 heterocycles. The molecule has 3 rings (SSSR count). The Morgan fingerprint density at radius 3 is 2.44 bits per heavy atom. The normalized spacial score (nSPS) is 15.7. The first kappa shape index (κ1) is 18.7. The number of aliphatic carboxylic acids is 1. The lowest BCUT2D eigenvalue weighted by molar-refractivity contribution is -0.145. The Kier molecular flexibility index (Phi) is 5.30. The molecule has 0 atom stereocenters. The maximum atomic E-state index is 12.7. The van der Waals surface area contributed by atoms with Crippen molar-refractivity contribution in [1.82, 2.24) is 5.32 Å². The highest BCUT2D eigenvalue weighted by molar-refractivity contribution is 6.04. The smallest absolute Gasteiger partial charge is 0.329 e. The first-order valence-electron chi connectivity index (χ1n) is 8.93. The molecule has 0 radical (unpaired) electrons. The highest BCUT2D eigenvalue weighted by Gasteiger charge is 2.41. The third-order valence-corrected chi connectivity index (χ3v) is 4.96. The molecule has 1 aromatic carbocycles. The van der Waals surface area contributed by atoms with Crippen LogP contribution in [0.2, 0.25) is 0 Å². The summed E-state index contributed by atoms with van der Waals surface area (Å²) in [7, 11) is 0. The average molecular weight is 370 g/mol. The monoisotopic (exact) mass is 370 g/mol. The van der Waals surface area contributed by atoms with Crippen molar-refractivity contribution >= 4 is 23.5 Å². The summed E-state index contributed by atoms with van der Waals surface area (Å²) >= 11 is 0. The molecule has 3 N–H and O–H groups in total. The van der Waals surface area contributed by atoms with Crippen molar-refractivity contribution < 1.29 is 23.9 Å². The molecule has 2 aromatic rings. The van der Waals surface area contributed by atoms with E-state index >= 15 is 0 Å². The number of rotatable bonds is 5. The third kappa shape index (κ3) is 4.02. The predicted octanol–water partition coefficient (Wildman–Crippen LogP) is 3.36. The highest BCUT2D eigenvalue weighted by Crippen LogP contribution is 2.29. The van der Waals surface area contributed by atoms with Crippen LogP contribution < -0.4 is 10.6 Å². The van der Waals surface area contributed by atoms with Crippen molar-refractivity contribution in [2.45, 2.75) is 44.6 Å². The largest absolute Gasteiger partial charge is 0.480 e. The number of nitrogens with one attached hydrogen (secondary N) is 2. The Bertz CT molecular complexity index is 851. The second-order valence-electron chi connectivity index (χ2n) is 6.86. The van der Waals surface area contributed by atoms with Gasteiger partial charge in [0, 0.05) is 11.3 Å². The number of carboxylic acids is 1. The Labute approximate surface area is 156 Å². The molecule has 27 heavy (non-hydrogen) atoms. The van der Waals surface area contributed by atoms with Crippen molar-refractivity contribution in [3.05, 3.63) is 53.5 Å². The second kappa shape index (κ2) is 7.65. The Morgan fingerprint density at radius 1 is 1.07 bits per heavy atom. The second-order valence-corrected chi connectivity index (χ2v) is 6.86. The van der Waals surface area contributed by atoms with Gasteiger partial charge in [-0.2, -0.15) is 0 Å². The van der Waals surface area contributed by atoms with Gasteiger partial charge in [-0.25, -0.2) is 4.79 Å². The number of carbonyl (C=O) groups excluding carboxylic acids is 2. The van der Waals surface area contributed by atoms with Gasteiger partial charge in [0.15, 0.2) is 5.76 Å². The summed E-state index contributed by atoms with van der Waals surface area (Å²) in [6.07, 6.45) is 4.75. The van der Waals surface area contributed by atoms with Gasteiger partial charge in [0.05, 0.1) is 6.26 Å². The molecule has 0 bridgehead atoms. The fourth-order valence-corrected chi connectivity index (χ4v) is 3.33. The van der Waals surface area contributed by atoms with E-state index in [9.17, 15) is 19.5 Å². The van der Waals surface area contributed by atoms with Gasteiger partial charge in [-0.3, -0.25) is 9.59 Å². The summed E-state index contributed by atoms with van der Waals surface area (Å²) in [5, 5.41) is 15.0. The predicted molar refractivity (Wildman–Crippen MR) is 98.8 cm³/mol. The van der Waals surface area contributed by atoms with Crippen LogP contribution in [0.5, 0.6) is 0 Å². The zero-order chi connectivity index (χ0) is 19.4. The van der Waals surface area contributed by atoms with Gasteiger partial charge in [-0.1, -0.05) is 25.3 Å². The zero-order valence-electron chi connectivity index (χ0n) is 15.1. The van der Waals surface area contributed by atoms with Crippen LogP contribution in [-0.2, 0) is 4.79 Å². The van der Waals surface area contributed by atoms with Crippen LogP contribution in [0.4, 0.5) is 5.69 Å². The van der Waals surface area contributed by atoms with E-state index in [1.54, 1.807) is 37.3 Å². The van der Waals surface area contributed by atoms with Gasteiger partial charge in [-0.05, 0) is 49.6 Å². The first-order chi connectivity index (χ1) is 12.9. The molecule has 1 aromatic heterocycles. The van der Waals surface area contributed by atoms with E-state index in [1.165, 1.54) is 6.26 Å². The van der Waals surface area contributed by atoms with E-state index in [4.69, 9.17) is 4.42 Å². The van der Waals surface area contributed by atoms with E-state index in [-0.39, 0.29) is 5.76 Å². The first-order valence-corrected chi connectivity index (χ1v) is 8.93. The van der Waals surface area contributed by atoms with Crippen LogP contribution >= 0.6 is 0 Å². The number of hydrogen-bond acceptors (Lipinski definition) is 4. The van der Waals surface area contributed by atoms with Crippen molar-refractivity contribution in [3.63, 3.8) is 0 Å². The molecular weight excluding hydrogens is 348 g/mol. The quantitative estimate of drug-likeness (QED) is 0.748. The summed E-state index contributed by atoms with van der Waals surface area (Å²) in [6.45, 7) is 1.80. The van der Waals surface area contributed by atoms with E-state index < -0.39 is 23.3 Å². The molecule has 0 saturated heterocycles. The summed E-state index contributed by atoms with van der Waals surface area (Å²) in [5.41, 5.74) is 0.313. The summed E-state index contributed by atoms with van der Waals surface area (Å²) < 4.78 is 5.07. The van der Waals surface area contributed by atoms with Gasteiger partial charge in [0.25, 0.3) is 11.8 Å². The fourth-order valence-electron chi connectivity index (χ4n) is 3.33. The van der Waals surface area contributed by atoms with Crippen LogP contribution in [0.3, 0.4) is 0 Å². The van der Waals surface area contributed by atoms with Crippen molar-refractivity contribution in [1.29, 1.82) is 0 Å². The lowest BCUT2D eigenvalue weighted by Crippen LogP contribution is -2.55. The lowest BCUT2D eigenvalue weighted by Gasteiger charge is -2.34. The number of benzene rings is 1. The van der Waals surface area contributed by atoms with Crippen molar-refractivity contribution in [2.24, 2.45) is 0 Å². The van der Waals surface area contributed by atoms with E-state index in [1.807, 2.05) is 0 Å². The van der Waals surface area contributed by atoms with Crippen LogP contribution in [0.1, 0.15) is 58.6 Å². The van der Waals surface area contributed by atoms with Gasteiger partial charge in [0.2, 0.25) is 0 Å². The minimum absolute atomic E-state index is 0.163. The van der Waals surface area contributed by atoms with Crippen molar-refractivity contribution in [3.8, 4) is 0 Å². The Morgan fingerprint density at radius 2 is 1.81 bits per heavy atom. The number of aryl methyl sites for hydroxylation is 1. The maximum absolute atomic E-state index is 12.7. The van der Waals surface area contributed by atoms with Crippen LogP contribution in [0.15, 0.2) is 41.0 Å². The number of carboxylic acid groups (broad SMARTS) is 1. The lowest BCUT2D eigenvalue weighted by atomic mass is 9.81. The molecule has 0 aliphatic heterocycles. The topological polar surface area (TPSA) is 109 Å². The molecule has 7 nitrogen and oxygen atoms in total. The number of furan rings is 1. The molecule has 142 valence electrons. The number of anilines is 1. The minimum Gasteiger partial charge on any atom is -0.480 e. The molecule has 0 spiro atoms. The van der Waals surface area contributed by atoms with Crippen LogP contribution in [0.25, 0.3) is 0 Å². The van der Waals surface area contributed by atoms with Gasteiger partial charge in [0.1, 0.15) is 5.54 Å². The van der Waals surface area contributed by atoms with Gasteiger partial charge < -0.3 is 20.2 Å². The van der Waals surface area contributed by atoms with E-state index in [0.717, 1.165) is 24.8 Å². The van der Waals surface area contributed by atoms with E-state index in [0.29, 0.717) is 24.1 Å². The molecule has 0 unspecified atom stereocenters. The molecule has 1 fully saturated rings. The molecule has 1 aliphatic carbocycles. The number of hydrogen-bond donors (Lipinski definition) is 3. The SMILES string of the molecule is Cc1ccc(C(=O)NC2(C(=O)O)CCCCC2)cc1NC(=O)c1ccco1. The third-order valence-electron chi connectivity index (χ3n) is 4.96.